The van der Waals surface area contributed by atoms with Gasteiger partial charge in [-0.2, -0.15) is 8.78 Å². The highest BCUT2D eigenvalue weighted by atomic mass is 32.2. The fourth-order valence-electron chi connectivity index (χ4n) is 3.77. The molecule has 172 valence electrons. The molecule has 10 heteroatoms. The number of hydrogen-bond acceptors (Lipinski definition) is 5. The minimum absolute atomic E-state index is 0.108. The lowest BCUT2D eigenvalue weighted by molar-refractivity contribution is 0.0678. The lowest BCUT2D eigenvalue weighted by atomic mass is 10.0. The van der Waals surface area contributed by atoms with Crippen molar-refractivity contribution in [3.05, 3.63) is 93.9 Å². The Hall–Kier alpha value is -3.37. The molecule has 0 bridgehead atoms. The Morgan fingerprint density at radius 3 is 2.53 bits per heavy atom. The molecular formula is C24H17F3N4OS2. The van der Waals surface area contributed by atoms with Gasteiger partial charge in [-0.15, -0.1) is 11.3 Å². The Morgan fingerprint density at radius 1 is 1.09 bits per heavy atom. The first kappa shape index (κ1) is 22.4. The fourth-order valence-corrected chi connectivity index (χ4v) is 5.82. The van der Waals surface area contributed by atoms with Gasteiger partial charge in [0, 0.05) is 22.8 Å². The predicted octanol–water partition coefficient (Wildman–Crippen LogP) is 6.45. The number of alkyl halides is 2. The predicted molar refractivity (Wildman–Crippen MR) is 128 cm³/mol. The van der Waals surface area contributed by atoms with Crippen molar-refractivity contribution >= 4 is 33.3 Å². The summed E-state index contributed by atoms with van der Waals surface area (Å²) < 4.78 is 42.3. The molecule has 0 N–H and O–H groups in total. The lowest BCUT2D eigenvalue weighted by Crippen LogP contribution is -2.21. The monoisotopic (exact) mass is 498 g/mol. The van der Waals surface area contributed by atoms with Crippen LogP contribution in [0.3, 0.4) is 0 Å². The van der Waals surface area contributed by atoms with Gasteiger partial charge in [0.15, 0.2) is 5.16 Å². The number of para-hydroxylation sites is 1. The minimum Gasteiger partial charge on any atom is -0.277 e. The van der Waals surface area contributed by atoms with Crippen molar-refractivity contribution in [3.8, 4) is 16.8 Å². The molecule has 5 aromatic rings. The van der Waals surface area contributed by atoms with Crippen LogP contribution in [0.15, 0.2) is 76.9 Å². The van der Waals surface area contributed by atoms with Crippen LogP contribution in [0.5, 0.6) is 0 Å². The molecule has 5 nitrogen and oxygen atoms in total. The molecule has 5 rings (SSSR count). The highest BCUT2D eigenvalue weighted by molar-refractivity contribution is 7.98. The van der Waals surface area contributed by atoms with Gasteiger partial charge in [0.1, 0.15) is 16.5 Å². The molecule has 0 aliphatic rings. The van der Waals surface area contributed by atoms with E-state index >= 15 is 0 Å². The molecule has 3 heterocycles. The van der Waals surface area contributed by atoms with Gasteiger partial charge in [-0.1, -0.05) is 42.1 Å². The van der Waals surface area contributed by atoms with Crippen molar-refractivity contribution in [2.75, 3.05) is 0 Å². The van der Waals surface area contributed by atoms with Crippen molar-refractivity contribution in [2.24, 2.45) is 0 Å². The number of nitrogens with zero attached hydrogens (tertiary/aromatic N) is 4. The molecule has 0 amide bonds. The molecule has 0 unspecified atom stereocenters. The molecule has 0 fully saturated rings. The first-order chi connectivity index (χ1) is 16.4. The molecule has 34 heavy (non-hydrogen) atoms. The van der Waals surface area contributed by atoms with E-state index in [4.69, 9.17) is 4.98 Å². The van der Waals surface area contributed by atoms with E-state index in [1.807, 2.05) is 25.1 Å². The van der Waals surface area contributed by atoms with Gasteiger partial charge < -0.3 is 0 Å². The largest absolute Gasteiger partial charge is 0.319 e. The van der Waals surface area contributed by atoms with Crippen LogP contribution < -0.4 is 5.56 Å². The molecule has 2 aromatic carbocycles. The van der Waals surface area contributed by atoms with E-state index in [1.54, 1.807) is 24.3 Å². The lowest BCUT2D eigenvalue weighted by Gasteiger charge is -2.13. The van der Waals surface area contributed by atoms with Gasteiger partial charge in [0.05, 0.1) is 16.8 Å². The second-order valence-corrected chi connectivity index (χ2v) is 9.55. The van der Waals surface area contributed by atoms with Crippen LogP contribution in [-0.4, -0.2) is 19.1 Å². The van der Waals surface area contributed by atoms with Crippen LogP contribution in [0, 0.1) is 12.7 Å². The number of aromatic nitrogens is 4. The van der Waals surface area contributed by atoms with E-state index in [2.05, 4.69) is 4.98 Å². The topological polar surface area (TPSA) is 52.7 Å². The van der Waals surface area contributed by atoms with Gasteiger partial charge in [0.2, 0.25) is 0 Å². The van der Waals surface area contributed by atoms with Crippen LogP contribution in [0.2, 0.25) is 0 Å². The number of benzene rings is 2. The number of fused-ring (bicyclic) bond motifs is 1. The standard InChI is InChI=1S/C24H17F3N4OS2/c1-14-19(15-7-9-16(25)10-8-15)20-21(34-14)29-24(31(22(20)32)17-5-3-2-4-6-17)33-13-18-28-11-12-30(18)23(26)27/h2-12,23H,13H2,1H3. The number of hydrogen-bond donors (Lipinski definition) is 0. The summed E-state index contributed by atoms with van der Waals surface area (Å²) in [4.78, 5) is 24.1. The Labute approximate surface area is 200 Å². The molecule has 0 aliphatic carbocycles. The fraction of sp³-hybridized carbons (Fsp3) is 0.125. The molecule has 3 aromatic heterocycles. The average Bonchev–Trinajstić information content (AvgIpc) is 3.43. The highest BCUT2D eigenvalue weighted by Crippen LogP contribution is 2.37. The Bertz CT molecular complexity index is 1530. The molecule has 0 atom stereocenters. The third kappa shape index (κ3) is 4.03. The molecule has 0 spiro atoms. The van der Waals surface area contributed by atoms with Gasteiger partial charge >= 0.3 is 6.55 Å². The molecule has 0 aliphatic heterocycles. The molecule has 0 saturated carbocycles. The number of halogens is 3. The van der Waals surface area contributed by atoms with E-state index in [0.29, 0.717) is 26.6 Å². The van der Waals surface area contributed by atoms with E-state index in [0.717, 1.165) is 15.0 Å². The van der Waals surface area contributed by atoms with Gasteiger partial charge in [-0.05, 0) is 36.8 Å². The van der Waals surface area contributed by atoms with Crippen LogP contribution in [0.4, 0.5) is 13.2 Å². The summed E-state index contributed by atoms with van der Waals surface area (Å²) in [6.45, 7) is -0.813. The van der Waals surface area contributed by atoms with Crippen molar-refractivity contribution < 1.29 is 13.2 Å². The highest BCUT2D eigenvalue weighted by Gasteiger charge is 2.22. The van der Waals surface area contributed by atoms with E-state index in [1.165, 1.54) is 52.2 Å². The van der Waals surface area contributed by atoms with Crippen molar-refractivity contribution in [3.63, 3.8) is 0 Å². The van der Waals surface area contributed by atoms with Gasteiger partial charge in [-0.3, -0.25) is 13.9 Å². The van der Waals surface area contributed by atoms with E-state index in [9.17, 15) is 18.0 Å². The summed E-state index contributed by atoms with van der Waals surface area (Å²) in [5.41, 5.74) is 1.77. The van der Waals surface area contributed by atoms with Crippen LogP contribution >= 0.6 is 23.1 Å². The van der Waals surface area contributed by atoms with Crippen molar-refractivity contribution in [1.29, 1.82) is 0 Å². The molecular weight excluding hydrogens is 481 g/mol. The average molecular weight is 499 g/mol. The third-order valence-corrected chi connectivity index (χ3v) is 7.24. The zero-order valence-corrected chi connectivity index (χ0v) is 19.4. The summed E-state index contributed by atoms with van der Waals surface area (Å²) >= 11 is 2.53. The summed E-state index contributed by atoms with van der Waals surface area (Å²) in [6, 6.07) is 15.0. The second-order valence-electron chi connectivity index (χ2n) is 7.41. The first-order valence-electron chi connectivity index (χ1n) is 10.2. The van der Waals surface area contributed by atoms with E-state index < -0.39 is 6.55 Å². The summed E-state index contributed by atoms with van der Waals surface area (Å²) in [5, 5.41) is 0.816. The maximum atomic E-state index is 13.9. The van der Waals surface area contributed by atoms with Crippen LogP contribution in [-0.2, 0) is 5.75 Å². The zero-order valence-electron chi connectivity index (χ0n) is 17.8. The van der Waals surface area contributed by atoms with Gasteiger partial charge in [0.25, 0.3) is 5.56 Å². The smallest absolute Gasteiger partial charge is 0.277 e. The normalized spacial score (nSPS) is 11.6. The summed E-state index contributed by atoms with van der Waals surface area (Å²) in [6.07, 6.45) is 2.54. The summed E-state index contributed by atoms with van der Waals surface area (Å²) in [7, 11) is 0. The SMILES string of the molecule is Cc1sc2nc(SCc3nccn3C(F)F)n(-c3ccccc3)c(=O)c2c1-c1ccc(F)cc1. The zero-order chi connectivity index (χ0) is 23.8. The van der Waals surface area contributed by atoms with Gasteiger partial charge in [-0.25, -0.2) is 14.4 Å². The maximum Gasteiger partial charge on any atom is 0.319 e. The van der Waals surface area contributed by atoms with Crippen LogP contribution in [0.1, 0.15) is 17.3 Å². The van der Waals surface area contributed by atoms with Crippen molar-refractivity contribution in [1.82, 2.24) is 19.1 Å². The van der Waals surface area contributed by atoms with Crippen LogP contribution in [0.25, 0.3) is 27.0 Å². The number of thiophene rings is 1. The maximum absolute atomic E-state index is 13.9. The minimum atomic E-state index is -2.71. The number of thioether (sulfide) groups is 1. The molecule has 0 radical (unpaired) electrons. The third-order valence-electron chi connectivity index (χ3n) is 5.31. The Kier molecular flexibility index (Phi) is 6.01. The molecule has 0 saturated heterocycles. The number of rotatable bonds is 6. The number of aryl methyl sites for hydroxylation is 1. The number of imidazole rings is 1. The Morgan fingerprint density at radius 2 is 1.82 bits per heavy atom. The summed E-state index contributed by atoms with van der Waals surface area (Å²) in [5.74, 6) is -0.0676. The first-order valence-corrected chi connectivity index (χ1v) is 12.0. The van der Waals surface area contributed by atoms with Crippen molar-refractivity contribution in [2.45, 2.75) is 24.4 Å². The van der Waals surface area contributed by atoms with E-state index in [-0.39, 0.29) is 23.0 Å². The second kappa shape index (κ2) is 9.11. The Balaban J connectivity index is 1.69. The quantitative estimate of drug-likeness (QED) is 0.200.